The van der Waals surface area contributed by atoms with Crippen LogP contribution in [0.4, 0.5) is 0 Å². The highest BCUT2D eigenvalue weighted by atomic mass is 16.3. The van der Waals surface area contributed by atoms with Crippen LogP contribution >= 0.6 is 0 Å². The molecule has 2 N–H and O–H groups in total. The van der Waals surface area contributed by atoms with E-state index in [0.29, 0.717) is 0 Å². The van der Waals surface area contributed by atoms with Crippen LogP contribution in [0.5, 0.6) is 0 Å². The van der Waals surface area contributed by atoms with E-state index in [1.54, 1.807) is 0 Å². The molecular weight excluding hydrogens is 198 g/mol. The van der Waals surface area contributed by atoms with E-state index in [1.807, 2.05) is 0 Å². The molecule has 0 aromatic carbocycles. The van der Waals surface area contributed by atoms with Crippen molar-refractivity contribution in [2.24, 2.45) is 17.8 Å². The summed E-state index contributed by atoms with van der Waals surface area (Å²) < 4.78 is 0. The third kappa shape index (κ3) is 3.21. The van der Waals surface area contributed by atoms with Gasteiger partial charge in [0.25, 0.3) is 0 Å². The minimum Gasteiger partial charge on any atom is -0.395 e. The molecule has 0 aromatic rings. The summed E-state index contributed by atoms with van der Waals surface area (Å²) in [7, 11) is 0. The van der Waals surface area contributed by atoms with Gasteiger partial charge >= 0.3 is 0 Å². The molecular formula is C14H27NO. The van der Waals surface area contributed by atoms with Gasteiger partial charge in [-0.05, 0) is 50.5 Å². The quantitative estimate of drug-likeness (QED) is 0.770. The van der Waals surface area contributed by atoms with E-state index in [2.05, 4.69) is 12.2 Å². The molecule has 2 heteroatoms. The second kappa shape index (κ2) is 6.02. The zero-order chi connectivity index (χ0) is 11.4. The molecule has 2 nitrogen and oxygen atoms in total. The Morgan fingerprint density at radius 1 is 1.12 bits per heavy atom. The standard InChI is InChI=1S/C14H27NO/c1-11(10-16)15-9-12-6-7-13-4-2-3-5-14(13)8-12/h11-16H,2-10H2,1H3. The van der Waals surface area contributed by atoms with Crippen molar-refractivity contribution >= 4 is 0 Å². The minimum absolute atomic E-state index is 0.263. The third-order valence-electron chi connectivity index (χ3n) is 4.68. The molecule has 0 heterocycles. The van der Waals surface area contributed by atoms with E-state index in [9.17, 15) is 0 Å². The van der Waals surface area contributed by atoms with E-state index in [0.717, 1.165) is 24.3 Å². The highest BCUT2D eigenvalue weighted by molar-refractivity contribution is 4.84. The first-order chi connectivity index (χ1) is 7.79. The van der Waals surface area contributed by atoms with Crippen LogP contribution in [-0.2, 0) is 0 Å². The summed E-state index contributed by atoms with van der Waals surface area (Å²) in [6, 6.07) is 0.268. The molecule has 0 saturated heterocycles. The lowest BCUT2D eigenvalue weighted by molar-refractivity contribution is 0.125. The molecule has 2 rings (SSSR count). The Morgan fingerprint density at radius 2 is 1.88 bits per heavy atom. The maximum atomic E-state index is 8.99. The van der Waals surface area contributed by atoms with Crippen LogP contribution in [0, 0.1) is 17.8 Å². The summed E-state index contributed by atoms with van der Waals surface area (Å²) in [5.74, 6) is 2.95. The summed E-state index contributed by atoms with van der Waals surface area (Å²) in [5, 5.41) is 12.4. The normalized spacial score (nSPS) is 36.8. The van der Waals surface area contributed by atoms with Crippen molar-refractivity contribution in [1.82, 2.24) is 5.32 Å². The fourth-order valence-electron chi connectivity index (χ4n) is 3.59. The van der Waals surface area contributed by atoms with Crippen LogP contribution in [0.25, 0.3) is 0 Å². The smallest absolute Gasteiger partial charge is 0.0581 e. The molecule has 0 spiro atoms. The zero-order valence-corrected chi connectivity index (χ0v) is 10.6. The SMILES string of the molecule is CC(CO)NCC1CCC2CCCCC2C1. The lowest BCUT2D eigenvalue weighted by Crippen LogP contribution is -2.37. The first kappa shape index (κ1) is 12.4. The minimum atomic E-state index is 0.263. The summed E-state index contributed by atoms with van der Waals surface area (Å²) in [5.41, 5.74) is 0. The molecule has 0 aliphatic heterocycles. The number of rotatable bonds is 4. The lowest BCUT2D eigenvalue weighted by atomic mass is 9.67. The first-order valence-corrected chi connectivity index (χ1v) is 7.14. The van der Waals surface area contributed by atoms with Crippen LogP contribution in [0.1, 0.15) is 51.9 Å². The van der Waals surface area contributed by atoms with Gasteiger partial charge in [0.1, 0.15) is 0 Å². The van der Waals surface area contributed by atoms with Crippen molar-refractivity contribution in [1.29, 1.82) is 0 Å². The van der Waals surface area contributed by atoms with Crippen molar-refractivity contribution in [3.63, 3.8) is 0 Å². The van der Waals surface area contributed by atoms with Gasteiger partial charge in [0.2, 0.25) is 0 Å². The van der Waals surface area contributed by atoms with Crippen LogP contribution in [0.15, 0.2) is 0 Å². The Kier molecular flexibility index (Phi) is 4.66. The number of hydrogen-bond donors (Lipinski definition) is 2. The number of hydrogen-bond acceptors (Lipinski definition) is 2. The van der Waals surface area contributed by atoms with Gasteiger partial charge in [0.15, 0.2) is 0 Å². The van der Waals surface area contributed by atoms with E-state index < -0.39 is 0 Å². The molecule has 0 aromatic heterocycles. The van der Waals surface area contributed by atoms with Crippen molar-refractivity contribution in [3.8, 4) is 0 Å². The molecule has 2 aliphatic carbocycles. The highest BCUT2D eigenvalue weighted by Gasteiger charge is 2.31. The highest BCUT2D eigenvalue weighted by Crippen LogP contribution is 2.42. The largest absolute Gasteiger partial charge is 0.395 e. The Hall–Kier alpha value is -0.0800. The van der Waals surface area contributed by atoms with Crippen molar-refractivity contribution < 1.29 is 5.11 Å². The van der Waals surface area contributed by atoms with Gasteiger partial charge in [-0.1, -0.05) is 25.7 Å². The van der Waals surface area contributed by atoms with Crippen LogP contribution in [-0.4, -0.2) is 24.3 Å². The predicted molar refractivity (Wildman–Crippen MR) is 67.3 cm³/mol. The fourth-order valence-corrected chi connectivity index (χ4v) is 3.59. The fraction of sp³-hybridized carbons (Fsp3) is 1.00. The van der Waals surface area contributed by atoms with Crippen LogP contribution in [0.3, 0.4) is 0 Å². The van der Waals surface area contributed by atoms with Gasteiger partial charge in [-0.25, -0.2) is 0 Å². The summed E-state index contributed by atoms with van der Waals surface area (Å²) >= 11 is 0. The Morgan fingerprint density at radius 3 is 2.62 bits per heavy atom. The van der Waals surface area contributed by atoms with Gasteiger partial charge in [0, 0.05) is 6.04 Å². The van der Waals surface area contributed by atoms with Crippen LogP contribution < -0.4 is 5.32 Å². The number of aliphatic hydroxyl groups is 1. The second-order valence-corrected chi connectivity index (χ2v) is 5.98. The van der Waals surface area contributed by atoms with Gasteiger partial charge in [-0.3, -0.25) is 0 Å². The first-order valence-electron chi connectivity index (χ1n) is 7.14. The lowest BCUT2D eigenvalue weighted by Gasteiger charge is -2.39. The van der Waals surface area contributed by atoms with Gasteiger partial charge < -0.3 is 10.4 Å². The van der Waals surface area contributed by atoms with Gasteiger partial charge in [-0.15, -0.1) is 0 Å². The van der Waals surface area contributed by atoms with Gasteiger partial charge in [-0.2, -0.15) is 0 Å². The molecule has 0 radical (unpaired) electrons. The van der Waals surface area contributed by atoms with E-state index >= 15 is 0 Å². The molecule has 0 bridgehead atoms. The maximum Gasteiger partial charge on any atom is 0.0581 e. The van der Waals surface area contributed by atoms with E-state index in [1.165, 1.54) is 44.9 Å². The Labute approximate surface area is 99.8 Å². The monoisotopic (exact) mass is 225 g/mol. The average Bonchev–Trinajstić information content (AvgIpc) is 2.35. The number of aliphatic hydroxyl groups excluding tert-OH is 1. The van der Waals surface area contributed by atoms with Crippen molar-refractivity contribution in [2.45, 2.75) is 57.9 Å². The predicted octanol–water partition coefficient (Wildman–Crippen LogP) is 2.56. The van der Waals surface area contributed by atoms with Crippen LogP contribution in [0.2, 0.25) is 0 Å². The number of nitrogens with one attached hydrogen (secondary N) is 1. The molecule has 2 saturated carbocycles. The summed E-state index contributed by atoms with van der Waals surface area (Å²) in [6.07, 6.45) is 10.2. The average molecular weight is 225 g/mol. The molecule has 4 unspecified atom stereocenters. The molecule has 4 atom stereocenters. The molecule has 2 fully saturated rings. The second-order valence-electron chi connectivity index (χ2n) is 5.98. The van der Waals surface area contributed by atoms with Gasteiger partial charge in [0.05, 0.1) is 6.61 Å². The molecule has 0 amide bonds. The topological polar surface area (TPSA) is 32.3 Å². The van der Waals surface area contributed by atoms with E-state index in [-0.39, 0.29) is 12.6 Å². The summed E-state index contributed by atoms with van der Waals surface area (Å²) in [6.45, 7) is 3.44. The molecule has 16 heavy (non-hydrogen) atoms. The van der Waals surface area contributed by atoms with Crippen molar-refractivity contribution in [3.05, 3.63) is 0 Å². The molecule has 94 valence electrons. The summed E-state index contributed by atoms with van der Waals surface area (Å²) in [4.78, 5) is 0. The maximum absolute atomic E-state index is 8.99. The third-order valence-corrected chi connectivity index (χ3v) is 4.68. The Bertz CT molecular complexity index is 207. The zero-order valence-electron chi connectivity index (χ0n) is 10.6. The van der Waals surface area contributed by atoms with Crippen molar-refractivity contribution in [2.75, 3.05) is 13.2 Å². The number of fused-ring (bicyclic) bond motifs is 1. The Balaban J connectivity index is 1.72. The molecule has 2 aliphatic rings. The van der Waals surface area contributed by atoms with E-state index in [4.69, 9.17) is 5.11 Å².